The summed E-state index contributed by atoms with van der Waals surface area (Å²) in [6.45, 7) is 1.48. The molecule has 32 heavy (non-hydrogen) atoms. The maximum Gasteiger partial charge on any atom is 0.407 e. The molecule has 0 fully saturated rings. The van der Waals surface area contributed by atoms with Crippen molar-refractivity contribution in [3.63, 3.8) is 0 Å². The van der Waals surface area contributed by atoms with Gasteiger partial charge in [-0.25, -0.2) is 9.78 Å². The third kappa shape index (κ3) is 4.89. The van der Waals surface area contributed by atoms with Crippen LogP contribution in [0.25, 0.3) is 11.1 Å². The van der Waals surface area contributed by atoms with Crippen LogP contribution < -0.4 is 5.32 Å². The highest BCUT2D eigenvalue weighted by Gasteiger charge is 2.29. The number of hydrogen-bond donors (Lipinski definition) is 1. The van der Waals surface area contributed by atoms with Crippen molar-refractivity contribution in [1.82, 2.24) is 10.3 Å². The standard InChI is InChI=1S/C25H22N2O4S/c1-16(28)22(14-24(29)32-23-12-6-7-13-26-23)27-25(30)31-15-21-19-10-4-2-8-17(19)18-9-3-5-11-20(18)21/h2-13,21-22H,14-15H2,1H3,(H,27,30)/t22-/m0/s1. The van der Waals surface area contributed by atoms with Crippen molar-refractivity contribution in [2.75, 3.05) is 6.61 Å². The minimum absolute atomic E-state index is 0.0785. The molecule has 1 heterocycles. The number of fused-ring (bicyclic) bond motifs is 3. The van der Waals surface area contributed by atoms with Gasteiger partial charge in [0, 0.05) is 18.5 Å². The molecular weight excluding hydrogens is 424 g/mol. The molecule has 7 heteroatoms. The molecule has 1 atom stereocenters. The minimum Gasteiger partial charge on any atom is -0.449 e. The zero-order valence-corrected chi connectivity index (χ0v) is 18.3. The zero-order chi connectivity index (χ0) is 22.5. The number of thioether (sulfide) groups is 1. The molecule has 3 aromatic rings. The summed E-state index contributed by atoms with van der Waals surface area (Å²) in [5.74, 6) is -0.390. The normalized spacial score (nSPS) is 13.0. The first-order valence-corrected chi connectivity index (χ1v) is 11.1. The second-order valence-corrected chi connectivity index (χ2v) is 8.56. The lowest BCUT2D eigenvalue weighted by atomic mass is 9.98. The van der Waals surface area contributed by atoms with E-state index >= 15 is 0 Å². The van der Waals surface area contributed by atoms with Crippen molar-refractivity contribution in [1.29, 1.82) is 0 Å². The van der Waals surface area contributed by atoms with Crippen LogP contribution in [0.15, 0.2) is 78.0 Å². The van der Waals surface area contributed by atoms with Crippen molar-refractivity contribution in [2.24, 2.45) is 0 Å². The number of Topliss-reactive ketones (excluding diaryl/α,β-unsaturated/α-hetero) is 1. The average Bonchev–Trinajstić information content (AvgIpc) is 3.11. The van der Waals surface area contributed by atoms with Crippen LogP contribution in [0.5, 0.6) is 0 Å². The SMILES string of the molecule is CC(=O)[C@H](CC(=O)Sc1ccccn1)NC(=O)OCC1c2ccccc2-c2ccccc21. The first-order valence-electron chi connectivity index (χ1n) is 10.3. The Bertz CT molecular complexity index is 1100. The summed E-state index contributed by atoms with van der Waals surface area (Å²) in [6.07, 6.45) is 0.732. The average molecular weight is 447 g/mol. The third-order valence-corrected chi connectivity index (χ3v) is 6.20. The summed E-state index contributed by atoms with van der Waals surface area (Å²) in [5, 5.41) is 2.82. The minimum atomic E-state index is -0.950. The van der Waals surface area contributed by atoms with Gasteiger partial charge >= 0.3 is 6.09 Å². The van der Waals surface area contributed by atoms with Gasteiger partial charge in [0.15, 0.2) is 10.9 Å². The Labute approximate surface area is 190 Å². The van der Waals surface area contributed by atoms with E-state index in [2.05, 4.69) is 22.4 Å². The van der Waals surface area contributed by atoms with E-state index in [9.17, 15) is 14.4 Å². The van der Waals surface area contributed by atoms with E-state index in [0.29, 0.717) is 5.03 Å². The van der Waals surface area contributed by atoms with Crippen molar-refractivity contribution in [3.05, 3.63) is 84.1 Å². The number of nitrogens with zero attached hydrogens (tertiary/aromatic N) is 1. The molecule has 4 rings (SSSR count). The Kier molecular flexibility index (Phi) is 6.66. The van der Waals surface area contributed by atoms with Gasteiger partial charge in [-0.05, 0) is 53.1 Å². The summed E-state index contributed by atoms with van der Waals surface area (Å²) in [6, 6.07) is 20.4. The largest absolute Gasteiger partial charge is 0.449 e. The van der Waals surface area contributed by atoms with Crippen LogP contribution in [0, 0.1) is 0 Å². The molecule has 0 radical (unpaired) electrons. The highest BCUT2D eigenvalue weighted by atomic mass is 32.2. The van der Waals surface area contributed by atoms with Crippen molar-refractivity contribution in [3.8, 4) is 11.1 Å². The van der Waals surface area contributed by atoms with E-state index in [1.807, 2.05) is 36.4 Å². The molecule has 0 spiro atoms. The van der Waals surface area contributed by atoms with Crippen LogP contribution >= 0.6 is 11.8 Å². The van der Waals surface area contributed by atoms with Crippen LogP contribution in [-0.4, -0.2) is 34.6 Å². The van der Waals surface area contributed by atoms with Crippen LogP contribution in [-0.2, 0) is 14.3 Å². The molecule has 0 aliphatic heterocycles. The predicted octanol–water partition coefficient (Wildman–Crippen LogP) is 4.59. The number of rotatable bonds is 7. The molecule has 1 aromatic heterocycles. The lowest BCUT2D eigenvalue weighted by Crippen LogP contribution is -2.41. The van der Waals surface area contributed by atoms with E-state index < -0.39 is 12.1 Å². The number of carbonyl (C=O) groups excluding carboxylic acids is 3. The van der Waals surface area contributed by atoms with Gasteiger partial charge in [-0.3, -0.25) is 9.59 Å². The number of benzene rings is 2. The predicted molar refractivity (Wildman–Crippen MR) is 122 cm³/mol. The van der Waals surface area contributed by atoms with Gasteiger partial charge < -0.3 is 10.1 Å². The number of pyridine rings is 1. The molecular formula is C25H22N2O4S. The van der Waals surface area contributed by atoms with Gasteiger partial charge in [0.2, 0.25) is 0 Å². The van der Waals surface area contributed by atoms with Gasteiger partial charge in [0.25, 0.3) is 0 Å². The first kappa shape index (κ1) is 21.8. The fourth-order valence-electron chi connectivity index (χ4n) is 3.81. The topological polar surface area (TPSA) is 85.4 Å². The second-order valence-electron chi connectivity index (χ2n) is 7.48. The molecule has 1 amide bonds. The summed E-state index contributed by atoms with van der Waals surface area (Å²) >= 11 is 0.940. The lowest BCUT2D eigenvalue weighted by molar-refractivity contribution is -0.121. The van der Waals surface area contributed by atoms with Gasteiger partial charge in [-0.2, -0.15) is 0 Å². The maximum absolute atomic E-state index is 12.5. The summed E-state index contributed by atoms with van der Waals surface area (Å²) < 4.78 is 5.49. The molecule has 2 aromatic carbocycles. The van der Waals surface area contributed by atoms with Crippen molar-refractivity contribution < 1.29 is 19.1 Å². The Morgan fingerprint density at radius 1 is 0.969 bits per heavy atom. The number of alkyl carbamates (subject to hydrolysis) is 1. The highest BCUT2D eigenvalue weighted by Crippen LogP contribution is 2.44. The molecule has 1 aliphatic rings. The smallest absolute Gasteiger partial charge is 0.407 e. The number of hydrogen-bond acceptors (Lipinski definition) is 6. The summed E-state index contributed by atoms with van der Waals surface area (Å²) in [7, 11) is 0. The van der Waals surface area contributed by atoms with Crippen molar-refractivity contribution in [2.45, 2.75) is 30.3 Å². The Hall–Kier alpha value is -3.45. The Morgan fingerprint density at radius 2 is 1.59 bits per heavy atom. The van der Waals surface area contributed by atoms with E-state index in [4.69, 9.17) is 4.74 Å². The first-order chi connectivity index (χ1) is 15.5. The third-order valence-electron chi connectivity index (χ3n) is 5.35. The number of ether oxygens (including phenoxy) is 1. The number of carbonyl (C=O) groups is 3. The van der Waals surface area contributed by atoms with Crippen LogP contribution in [0.1, 0.15) is 30.4 Å². The van der Waals surface area contributed by atoms with E-state index in [1.54, 1.807) is 24.4 Å². The quantitative estimate of drug-likeness (QED) is 0.535. The molecule has 0 bridgehead atoms. The molecule has 1 aliphatic carbocycles. The van der Waals surface area contributed by atoms with Gasteiger partial charge in [0.1, 0.15) is 11.6 Å². The Balaban J connectivity index is 1.37. The summed E-state index contributed by atoms with van der Waals surface area (Å²) in [4.78, 5) is 40.9. The van der Waals surface area contributed by atoms with Crippen LogP contribution in [0.2, 0.25) is 0 Å². The second kappa shape index (κ2) is 9.78. The number of nitrogens with one attached hydrogen (secondary N) is 1. The maximum atomic E-state index is 12.5. The van der Waals surface area contributed by atoms with E-state index in [1.165, 1.54) is 6.92 Å². The van der Waals surface area contributed by atoms with Crippen molar-refractivity contribution >= 4 is 28.8 Å². The fourth-order valence-corrected chi connectivity index (χ4v) is 4.55. The van der Waals surface area contributed by atoms with E-state index in [0.717, 1.165) is 34.0 Å². The van der Waals surface area contributed by atoms with Crippen LogP contribution in [0.3, 0.4) is 0 Å². The Morgan fingerprint density at radius 3 is 2.19 bits per heavy atom. The molecule has 0 saturated heterocycles. The lowest BCUT2D eigenvalue weighted by Gasteiger charge is -2.17. The number of amides is 1. The molecule has 0 saturated carbocycles. The number of aromatic nitrogens is 1. The van der Waals surface area contributed by atoms with Gasteiger partial charge in [-0.15, -0.1) is 0 Å². The summed E-state index contributed by atoms with van der Waals surface area (Å²) in [5.41, 5.74) is 4.48. The number of ketones is 1. The fraction of sp³-hybridized carbons (Fsp3) is 0.200. The zero-order valence-electron chi connectivity index (χ0n) is 17.5. The van der Waals surface area contributed by atoms with E-state index in [-0.39, 0.29) is 29.8 Å². The molecule has 1 N–H and O–H groups in total. The molecule has 0 unspecified atom stereocenters. The molecule has 6 nitrogen and oxygen atoms in total. The molecule has 162 valence electrons. The highest BCUT2D eigenvalue weighted by molar-refractivity contribution is 8.13. The van der Waals surface area contributed by atoms with Crippen LogP contribution in [0.4, 0.5) is 4.79 Å². The monoisotopic (exact) mass is 446 g/mol. The van der Waals surface area contributed by atoms with Gasteiger partial charge in [-0.1, -0.05) is 54.6 Å². The van der Waals surface area contributed by atoms with Gasteiger partial charge in [0.05, 0.1) is 6.04 Å².